The fraction of sp³-hybridized carbons (Fsp3) is 0.353. The number of para-hydroxylation sites is 1. The molecule has 0 saturated carbocycles. The summed E-state index contributed by atoms with van der Waals surface area (Å²) in [7, 11) is 0. The van der Waals surface area contributed by atoms with E-state index in [1.807, 2.05) is 0 Å². The number of pyridine rings is 1. The number of aromatic nitrogens is 1. The number of aryl methyl sites for hydroxylation is 2. The molecule has 2 aromatic rings. The van der Waals surface area contributed by atoms with Crippen LogP contribution in [0.2, 0.25) is 0 Å². The fourth-order valence-corrected chi connectivity index (χ4v) is 2.84. The van der Waals surface area contributed by atoms with E-state index in [0.717, 1.165) is 19.5 Å². The van der Waals surface area contributed by atoms with Crippen LogP contribution in [-0.4, -0.2) is 6.54 Å². The topological polar surface area (TPSA) is 15.9 Å². The van der Waals surface area contributed by atoms with Crippen LogP contribution < -0.4 is 9.88 Å². The predicted octanol–water partition coefficient (Wildman–Crippen LogP) is 3.14. The van der Waals surface area contributed by atoms with Gasteiger partial charge in [-0.3, -0.25) is 0 Å². The first-order valence-electron chi connectivity index (χ1n) is 7.17. The molecule has 0 amide bonds. The Morgan fingerprint density at radius 2 is 2.11 bits per heavy atom. The number of nitrogens with zero attached hydrogens (tertiary/aromatic N) is 1. The summed E-state index contributed by atoms with van der Waals surface area (Å²) in [4.78, 5) is 0. The van der Waals surface area contributed by atoms with Crippen molar-refractivity contribution < 1.29 is 4.57 Å². The Hall–Kier alpha value is -1.83. The highest BCUT2D eigenvalue weighted by molar-refractivity contribution is 5.57. The Kier molecular flexibility index (Phi) is 3.49. The zero-order chi connectivity index (χ0) is 13.1. The molecule has 1 atom stereocenters. The molecule has 0 saturated heterocycles. The molecule has 2 nitrogen and oxygen atoms in total. The normalized spacial score (nSPS) is 17.0. The third-order valence-corrected chi connectivity index (χ3v) is 4.00. The van der Waals surface area contributed by atoms with Crippen molar-refractivity contribution in [2.24, 2.45) is 0 Å². The van der Waals surface area contributed by atoms with E-state index >= 15 is 0 Å². The highest BCUT2D eigenvalue weighted by Crippen LogP contribution is 2.32. The molecule has 1 aliphatic heterocycles. The second kappa shape index (κ2) is 5.43. The molecule has 0 bridgehead atoms. The van der Waals surface area contributed by atoms with Crippen LogP contribution in [0.3, 0.4) is 0 Å². The zero-order valence-electron chi connectivity index (χ0n) is 11.5. The maximum Gasteiger partial charge on any atom is 0.171 e. The molecule has 0 spiro atoms. The van der Waals surface area contributed by atoms with Gasteiger partial charge in [-0.25, -0.2) is 4.57 Å². The van der Waals surface area contributed by atoms with E-state index in [0.29, 0.717) is 5.92 Å². The first-order chi connectivity index (χ1) is 9.36. The Labute approximate surface area is 115 Å². The molecule has 1 N–H and O–H groups in total. The average Bonchev–Trinajstić information content (AvgIpc) is 2.89. The highest BCUT2D eigenvalue weighted by Gasteiger charge is 2.22. The van der Waals surface area contributed by atoms with Crippen molar-refractivity contribution in [3.8, 4) is 0 Å². The second-order valence-electron chi connectivity index (χ2n) is 5.26. The smallest absolute Gasteiger partial charge is 0.171 e. The lowest BCUT2D eigenvalue weighted by atomic mass is 9.98. The van der Waals surface area contributed by atoms with Crippen LogP contribution in [0, 0.1) is 0 Å². The van der Waals surface area contributed by atoms with Crippen LogP contribution in [0.15, 0.2) is 48.8 Å². The molecule has 3 rings (SSSR count). The Bertz CT molecular complexity index is 563. The summed E-state index contributed by atoms with van der Waals surface area (Å²) >= 11 is 0. The number of rotatable bonds is 4. The number of nitrogens with one attached hydrogen (secondary N) is 1. The minimum atomic E-state index is 0.647. The monoisotopic (exact) mass is 253 g/mol. The van der Waals surface area contributed by atoms with Gasteiger partial charge in [0.2, 0.25) is 0 Å². The number of hydrogen-bond acceptors (Lipinski definition) is 1. The first kappa shape index (κ1) is 12.2. The fourth-order valence-electron chi connectivity index (χ4n) is 2.84. The standard InChI is InChI=1S/C17H21N2/c1-2-14-6-5-10-19(13-14)11-9-15-12-18-17-8-4-3-7-16(15)17/h3-8,10,13,15,18H,2,9,11-12H2,1H3/q+1/t15-/m1/s1. The molecule has 98 valence electrons. The van der Waals surface area contributed by atoms with Crippen LogP contribution in [-0.2, 0) is 13.0 Å². The molecule has 1 aromatic carbocycles. The summed E-state index contributed by atoms with van der Waals surface area (Å²) in [5.41, 5.74) is 4.21. The maximum atomic E-state index is 3.50. The van der Waals surface area contributed by atoms with Crippen molar-refractivity contribution in [2.75, 3.05) is 11.9 Å². The minimum absolute atomic E-state index is 0.647. The van der Waals surface area contributed by atoms with Gasteiger partial charge in [-0.05, 0) is 24.1 Å². The third-order valence-electron chi connectivity index (χ3n) is 4.00. The summed E-state index contributed by atoms with van der Waals surface area (Å²) in [6.45, 7) is 4.37. The summed E-state index contributed by atoms with van der Waals surface area (Å²) in [5, 5.41) is 3.50. The summed E-state index contributed by atoms with van der Waals surface area (Å²) in [6.07, 6.45) is 6.75. The van der Waals surface area contributed by atoms with E-state index in [4.69, 9.17) is 0 Å². The van der Waals surface area contributed by atoms with Gasteiger partial charge < -0.3 is 5.32 Å². The van der Waals surface area contributed by atoms with Gasteiger partial charge in [0, 0.05) is 36.2 Å². The van der Waals surface area contributed by atoms with E-state index in [1.165, 1.54) is 23.2 Å². The average molecular weight is 253 g/mol. The number of hydrogen-bond donors (Lipinski definition) is 1. The quantitative estimate of drug-likeness (QED) is 0.828. The molecule has 0 radical (unpaired) electrons. The third kappa shape index (κ3) is 2.62. The maximum absolute atomic E-state index is 3.50. The first-order valence-corrected chi connectivity index (χ1v) is 7.17. The minimum Gasteiger partial charge on any atom is -0.384 e. The van der Waals surface area contributed by atoms with Crippen molar-refractivity contribution >= 4 is 5.69 Å². The molecule has 0 unspecified atom stereocenters. The molecule has 2 heterocycles. The van der Waals surface area contributed by atoms with Crippen LogP contribution in [0.25, 0.3) is 0 Å². The molecule has 19 heavy (non-hydrogen) atoms. The van der Waals surface area contributed by atoms with Gasteiger partial charge in [0.1, 0.15) is 6.54 Å². The molecular weight excluding hydrogens is 232 g/mol. The summed E-state index contributed by atoms with van der Waals surface area (Å²) < 4.78 is 2.32. The second-order valence-corrected chi connectivity index (χ2v) is 5.26. The van der Waals surface area contributed by atoms with Gasteiger partial charge in [-0.2, -0.15) is 0 Å². The summed E-state index contributed by atoms with van der Waals surface area (Å²) in [6, 6.07) is 13.0. The number of fused-ring (bicyclic) bond motifs is 1. The van der Waals surface area contributed by atoms with E-state index < -0.39 is 0 Å². The van der Waals surface area contributed by atoms with E-state index in [1.54, 1.807) is 0 Å². The van der Waals surface area contributed by atoms with Gasteiger partial charge >= 0.3 is 0 Å². The van der Waals surface area contributed by atoms with Gasteiger partial charge in [0.25, 0.3) is 0 Å². The Morgan fingerprint density at radius 3 is 3.00 bits per heavy atom. The van der Waals surface area contributed by atoms with E-state index in [2.05, 4.69) is 65.6 Å². The van der Waals surface area contributed by atoms with Crippen molar-refractivity contribution in [3.05, 3.63) is 59.9 Å². The van der Waals surface area contributed by atoms with Gasteiger partial charge in [-0.15, -0.1) is 0 Å². The SMILES string of the molecule is CCc1ccc[n+](CC[C@@H]2CNc3ccccc32)c1. The lowest BCUT2D eigenvalue weighted by molar-refractivity contribution is -0.698. The Balaban J connectivity index is 1.67. The van der Waals surface area contributed by atoms with Crippen LogP contribution in [0.5, 0.6) is 0 Å². The predicted molar refractivity (Wildman–Crippen MR) is 78.3 cm³/mol. The van der Waals surface area contributed by atoms with E-state index in [9.17, 15) is 0 Å². The number of benzene rings is 1. The van der Waals surface area contributed by atoms with Crippen molar-refractivity contribution in [1.29, 1.82) is 0 Å². The van der Waals surface area contributed by atoms with E-state index in [-0.39, 0.29) is 0 Å². The zero-order valence-corrected chi connectivity index (χ0v) is 11.5. The lowest BCUT2D eigenvalue weighted by Crippen LogP contribution is -2.34. The molecule has 0 aliphatic carbocycles. The molecule has 1 aromatic heterocycles. The van der Waals surface area contributed by atoms with Crippen molar-refractivity contribution in [1.82, 2.24) is 0 Å². The summed E-state index contributed by atoms with van der Waals surface area (Å²) in [5.74, 6) is 0.647. The van der Waals surface area contributed by atoms with Crippen LogP contribution >= 0.6 is 0 Å². The highest BCUT2D eigenvalue weighted by atomic mass is 14.9. The van der Waals surface area contributed by atoms with Crippen molar-refractivity contribution in [3.63, 3.8) is 0 Å². The number of anilines is 1. The van der Waals surface area contributed by atoms with Gasteiger partial charge in [-0.1, -0.05) is 25.1 Å². The van der Waals surface area contributed by atoms with Gasteiger partial charge in [0.05, 0.1) is 0 Å². The largest absolute Gasteiger partial charge is 0.384 e. The van der Waals surface area contributed by atoms with Crippen LogP contribution in [0.1, 0.15) is 30.4 Å². The van der Waals surface area contributed by atoms with Crippen LogP contribution in [0.4, 0.5) is 5.69 Å². The molecule has 2 heteroatoms. The Morgan fingerprint density at radius 1 is 1.21 bits per heavy atom. The molecule has 1 aliphatic rings. The lowest BCUT2D eigenvalue weighted by Gasteiger charge is -2.07. The van der Waals surface area contributed by atoms with Crippen molar-refractivity contribution in [2.45, 2.75) is 32.2 Å². The molecular formula is C17H21N2+. The van der Waals surface area contributed by atoms with Gasteiger partial charge in [0.15, 0.2) is 12.4 Å². The molecule has 0 fully saturated rings.